The van der Waals surface area contributed by atoms with Crippen LogP contribution in [0, 0.1) is 0 Å². The molecule has 1 heterocycles. The zero-order valence-electron chi connectivity index (χ0n) is 12.4. The topological polar surface area (TPSA) is 70.4 Å². The van der Waals surface area contributed by atoms with E-state index >= 15 is 0 Å². The molecule has 1 rings (SSSR count). The molecule has 2 N–H and O–H groups in total. The van der Waals surface area contributed by atoms with Gasteiger partial charge in [-0.1, -0.05) is 6.92 Å². The van der Waals surface area contributed by atoms with Crippen molar-refractivity contribution >= 4 is 5.91 Å². The number of carbonyl (C=O) groups is 1. The summed E-state index contributed by atoms with van der Waals surface area (Å²) in [6.07, 6.45) is 0.791. The normalized spacial score (nSPS) is 14.5. The maximum absolute atomic E-state index is 12.0. The quantitative estimate of drug-likeness (QED) is 0.763. The first-order valence-electron chi connectivity index (χ1n) is 6.43. The molecule has 108 valence electrons. The Labute approximate surface area is 114 Å². The van der Waals surface area contributed by atoms with E-state index in [4.69, 9.17) is 0 Å². The second-order valence-corrected chi connectivity index (χ2v) is 5.42. The Bertz CT molecular complexity index is 438. The summed E-state index contributed by atoms with van der Waals surface area (Å²) in [7, 11) is 5.50. The van der Waals surface area contributed by atoms with Crippen LogP contribution < -0.4 is 5.32 Å². The number of aromatic nitrogens is 2. The van der Waals surface area contributed by atoms with E-state index in [1.54, 1.807) is 24.7 Å². The summed E-state index contributed by atoms with van der Waals surface area (Å²) in [6.45, 7) is 4.38. The first kappa shape index (κ1) is 15.7. The fraction of sp³-hybridized carbons (Fsp3) is 0.692. The Morgan fingerprint density at radius 2 is 2.21 bits per heavy atom. The second-order valence-electron chi connectivity index (χ2n) is 5.42. The van der Waals surface area contributed by atoms with Gasteiger partial charge in [-0.2, -0.15) is 5.10 Å². The maximum atomic E-state index is 12.0. The highest BCUT2D eigenvalue weighted by molar-refractivity contribution is 5.92. The summed E-state index contributed by atoms with van der Waals surface area (Å²) in [5, 5.41) is 17.1. The molecule has 0 fully saturated rings. The third kappa shape index (κ3) is 4.65. The number of hydrogen-bond acceptors (Lipinski definition) is 4. The third-order valence-electron chi connectivity index (χ3n) is 2.81. The zero-order valence-corrected chi connectivity index (χ0v) is 12.4. The maximum Gasteiger partial charge on any atom is 0.269 e. The van der Waals surface area contributed by atoms with Crippen LogP contribution in [0.25, 0.3) is 0 Å². The average molecular weight is 268 g/mol. The number of likely N-dealkylation sites (N-methyl/N-ethyl adjacent to an activating group) is 1. The van der Waals surface area contributed by atoms with E-state index < -0.39 is 5.60 Å². The molecule has 0 aliphatic rings. The number of amides is 1. The molecule has 0 bridgehead atoms. The summed E-state index contributed by atoms with van der Waals surface area (Å²) in [5.41, 5.74) is 0.441. The van der Waals surface area contributed by atoms with Crippen molar-refractivity contribution in [3.05, 3.63) is 17.5 Å². The van der Waals surface area contributed by atoms with Gasteiger partial charge in [0.2, 0.25) is 0 Å². The van der Waals surface area contributed by atoms with Gasteiger partial charge in [-0.15, -0.1) is 0 Å². The number of rotatable bonds is 6. The van der Waals surface area contributed by atoms with Gasteiger partial charge in [0.05, 0.1) is 11.3 Å². The molecule has 6 nitrogen and oxygen atoms in total. The van der Waals surface area contributed by atoms with Crippen LogP contribution in [0.3, 0.4) is 0 Å². The van der Waals surface area contributed by atoms with E-state index in [-0.39, 0.29) is 12.5 Å². The largest absolute Gasteiger partial charge is 0.387 e. The van der Waals surface area contributed by atoms with Crippen LogP contribution in [0.1, 0.15) is 30.0 Å². The minimum absolute atomic E-state index is 0.205. The fourth-order valence-corrected chi connectivity index (χ4v) is 2.01. The van der Waals surface area contributed by atoms with Gasteiger partial charge in [-0.3, -0.25) is 9.48 Å². The molecule has 0 saturated heterocycles. The van der Waals surface area contributed by atoms with Crippen LogP contribution in [-0.4, -0.2) is 58.5 Å². The van der Waals surface area contributed by atoms with Crippen LogP contribution in [0.15, 0.2) is 6.07 Å². The van der Waals surface area contributed by atoms with Gasteiger partial charge in [-0.05, 0) is 33.5 Å². The lowest BCUT2D eigenvalue weighted by Crippen LogP contribution is -2.47. The van der Waals surface area contributed by atoms with Crippen molar-refractivity contribution in [2.75, 3.05) is 27.2 Å². The van der Waals surface area contributed by atoms with Crippen molar-refractivity contribution in [1.82, 2.24) is 20.0 Å². The average Bonchev–Trinajstić information content (AvgIpc) is 2.66. The van der Waals surface area contributed by atoms with Gasteiger partial charge in [-0.25, -0.2) is 0 Å². The Kier molecular flexibility index (Phi) is 5.08. The van der Waals surface area contributed by atoms with E-state index in [1.165, 1.54) is 0 Å². The SMILES string of the molecule is CCc1cc(C(=O)NCC(C)(O)CN(C)C)n(C)n1. The van der Waals surface area contributed by atoms with Crippen LogP contribution >= 0.6 is 0 Å². The van der Waals surface area contributed by atoms with Gasteiger partial charge in [0, 0.05) is 20.1 Å². The van der Waals surface area contributed by atoms with Crippen molar-refractivity contribution in [3.63, 3.8) is 0 Å². The number of aryl methyl sites for hydroxylation is 2. The summed E-state index contributed by atoms with van der Waals surface area (Å²) in [4.78, 5) is 13.9. The molecule has 0 aliphatic carbocycles. The highest BCUT2D eigenvalue weighted by Gasteiger charge is 2.23. The second kappa shape index (κ2) is 6.16. The number of aliphatic hydroxyl groups is 1. The van der Waals surface area contributed by atoms with Gasteiger partial charge < -0.3 is 15.3 Å². The first-order valence-corrected chi connectivity index (χ1v) is 6.43. The van der Waals surface area contributed by atoms with Crippen LogP contribution in [0.5, 0.6) is 0 Å². The highest BCUT2D eigenvalue weighted by Crippen LogP contribution is 2.06. The van der Waals surface area contributed by atoms with Crippen molar-refractivity contribution in [2.45, 2.75) is 25.9 Å². The molecule has 1 unspecified atom stereocenters. The Morgan fingerprint density at radius 3 is 2.68 bits per heavy atom. The molecule has 0 radical (unpaired) electrons. The summed E-state index contributed by atoms with van der Waals surface area (Å²) >= 11 is 0. The van der Waals surface area contributed by atoms with Crippen LogP contribution in [0.4, 0.5) is 0 Å². The molecular weight excluding hydrogens is 244 g/mol. The minimum atomic E-state index is -0.953. The monoisotopic (exact) mass is 268 g/mol. The summed E-state index contributed by atoms with van der Waals surface area (Å²) in [5.74, 6) is -0.214. The van der Waals surface area contributed by atoms with E-state index in [0.29, 0.717) is 12.2 Å². The first-order chi connectivity index (χ1) is 8.75. The van der Waals surface area contributed by atoms with E-state index in [1.807, 2.05) is 25.9 Å². The molecule has 0 aromatic carbocycles. The number of hydrogen-bond donors (Lipinski definition) is 2. The fourth-order valence-electron chi connectivity index (χ4n) is 2.01. The predicted molar refractivity (Wildman–Crippen MR) is 74.1 cm³/mol. The summed E-state index contributed by atoms with van der Waals surface area (Å²) in [6, 6.07) is 1.77. The predicted octanol–water partition coefficient (Wildman–Crippen LogP) is 0.0249. The van der Waals surface area contributed by atoms with Gasteiger partial charge in [0.1, 0.15) is 5.69 Å². The lowest BCUT2D eigenvalue weighted by atomic mass is 10.1. The zero-order chi connectivity index (χ0) is 14.6. The number of nitrogens with zero attached hydrogens (tertiary/aromatic N) is 3. The molecule has 1 atom stereocenters. The third-order valence-corrected chi connectivity index (χ3v) is 2.81. The molecule has 19 heavy (non-hydrogen) atoms. The van der Waals surface area contributed by atoms with Gasteiger partial charge >= 0.3 is 0 Å². The minimum Gasteiger partial charge on any atom is -0.387 e. The van der Waals surface area contributed by atoms with Gasteiger partial charge in [0.15, 0.2) is 0 Å². The molecule has 0 saturated carbocycles. The molecule has 1 aromatic rings. The molecular formula is C13H24N4O2. The van der Waals surface area contributed by atoms with Crippen LogP contribution in [0.2, 0.25) is 0 Å². The van der Waals surface area contributed by atoms with Crippen molar-refractivity contribution < 1.29 is 9.90 Å². The molecule has 6 heteroatoms. The van der Waals surface area contributed by atoms with E-state index in [2.05, 4.69) is 10.4 Å². The Balaban J connectivity index is 2.62. The van der Waals surface area contributed by atoms with Crippen molar-refractivity contribution in [3.8, 4) is 0 Å². The van der Waals surface area contributed by atoms with Crippen LogP contribution in [-0.2, 0) is 13.5 Å². The Morgan fingerprint density at radius 1 is 1.58 bits per heavy atom. The van der Waals surface area contributed by atoms with Gasteiger partial charge in [0.25, 0.3) is 5.91 Å². The molecule has 0 spiro atoms. The Hall–Kier alpha value is -1.40. The van der Waals surface area contributed by atoms with Crippen molar-refractivity contribution in [1.29, 1.82) is 0 Å². The molecule has 1 amide bonds. The summed E-state index contributed by atoms with van der Waals surface area (Å²) < 4.78 is 1.56. The molecule has 0 aliphatic heterocycles. The number of carbonyl (C=O) groups excluding carboxylic acids is 1. The lowest BCUT2D eigenvalue weighted by molar-refractivity contribution is 0.0324. The van der Waals surface area contributed by atoms with E-state index in [9.17, 15) is 9.90 Å². The van der Waals surface area contributed by atoms with E-state index in [0.717, 1.165) is 12.1 Å². The smallest absolute Gasteiger partial charge is 0.269 e. The van der Waals surface area contributed by atoms with Crippen molar-refractivity contribution in [2.24, 2.45) is 7.05 Å². The lowest BCUT2D eigenvalue weighted by Gasteiger charge is -2.27. The standard InChI is InChI=1S/C13H24N4O2/c1-6-10-7-11(17(5)15-10)12(18)14-8-13(2,19)9-16(3)4/h7,19H,6,8-9H2,1-5H3,(H,14,18). The molecule has 1 aromatic heterocycles. The number of nitrogens with one attached hydrogen (secondary N) is 1. The highest BCUT2D eigenvalue weighted by atomic mass is 16.3.